The third kappa shape index (κ3) is 11.9. The van der Waals surface area contributed by atoms with E-state index in [1.165, 1.54) is 12.1 Å². The van der Waals surface area contributed by atoms with Crippen LogP contribution in [0.25, 0.3) is 10.8 Å². The molecule has 14 heteroatoms. The molecule has 1 heterocycles. The standard InChI is InChI=1S/C58H65N3O11/c1-3-31-68-47-27-28-53-51(36-47)55-49(22-11-13-30-63)44(18-10-12-29-62)35-50-52(59-71-40-42-23-25-46(26-24-42)61(65)66)37-54(58(72-53,56(50)55)70-32-4-2)60(38-45-20-14-19-43-17-8-9-21-48(43)45)57(64)69-34-33-67-39-41-15-6-5-7-16-41/h3-9,14-17,19-21,23-28,35-36,44,49,54-56,62-63H,1-2,10-13,18,22,29-34,37-40H2/t44-,49+,54-,55+,56+,58+/m0/s1. The zero-order valence-corrected chi connectivity index (χ0v) is 40.7. The zero-order valence-electron chi connectivity index (χ0n) is 40.7. The van der Waals surface area contributed by atoms with Crippen LogP contribution in [0.5, 0.6) is 11.5 Å². The van der Waals surface area contributed by atoms with Crippen LogP contribution in [0.1, 0.15) is 73.1 Å². The van der Waals surface area contributed by atoms with Gasteiger partial charge >= 0.3 is 6.09 Å². The van der Waals surface area contributed by atoms with Crippen LogP contribution in [0.4, 0.5) is 10.5 Å². The number of aliphatic hydroxyl groups is 2. The third-order valence-electron chi connectivity index (χ3n) is 14.0. The second-order valence-electron chi connectivity index (χ2n) is 18.5. The molecule has 2 aliphatic carbocycles. The van der Waals surface area contributed by atoms with Crippen molar-refractivity contribution in [2.24, 2.45) is 22.9 Å². The van der Waals surface area contributed by atoms with Gasteiger partial charge in [0.2, 0.25) is 5.79 Å². The first-order chi connectivity index (χ1) is 35.3. The molecule has 0 unspecified atom stereocenters. The maximum atomic E-state index is 15.3. The van der Waals surface area contributed by atoms with Crippen molar-refractivity contribution in [3.05, 3.63) is 185 Å². The average molecular weight is 980 g/mol. The number of oxime groups is 1. The van der Waals surface area contributed by atoms with E-state index in [4.69, 9.17) is 33.7 Å². The summed E-state index contributed by atoms with van der Waals surface area (Å²) in [6.45, 7) is 9.04. The Labute approximate surface area is 421 Å². The lowest BCUT2D eigenvalue weighted by Crippen LogP contribution is -2.70. The number of aliphatic hydroxyl groups excluding tert-OH is 2. The first-order valence-electron chi connectivity index (χ1n) is 25.0. The first-order valence-corrected chi connectivity index (χ1v) is 25.0. The highest BCUT2D eigenvalue weighted by atomic mass is 16.7. The van der Waals surface area contributed by atoms with E-state index in [2.05, 4.69) is 19.2 Å². The summed E-state index contributed by atoms with van der Waals surface area (Å²) in [5.74, 6) is -1.25. The molecule has 72 heavy (non-hydrogen) atoms. The Bertz CT molecular complexity index is 2690. The number of rotatable bonds is 26. The molecule has 6 atom stereocenters. The maximum absolute atomic E-state index is 15.3. The quantitative estimate of drug-likeness (QED) is 0.0234. The van der Waals surface area contributed by atoms with Gasteiger partial charge in [-0.15, -0.1) is 6.58 Å². The Morgan fingerprint density at radius 2 is 1.58 bits per heavy atom. The minimum absolute atomic E-state index is 0.00337. The highest BCUT2D eigenvalue weighted by molar-refractivity contribution is 6.03. The largest absolute Gasteiger partial charge is 0.490 e. The monoisotopic (exact) mass is 979 g/mol. The Morgan fingerprint density at radius 3 is 2.35 bits per heavy atom. The van der Waals surface area contributed by atoms with Crippen molar-refractivity contribution >= 4 is 28.3 Å². The average Bonchev–Trinajstić information content (AvgIpc) is 3.40. The van der Waals surface area contributed by atoms with Crippen molar-refractivity contribution in [1.29, 1.82) is 0 Å². The smallest absolute Gasteiger partial charge is 0.410 e. The summed E-state index contributed by atoms with van der Waals surface area (Å²) in [7, 11) is 0. The van der Waals surface area contributed by atoms with Gasteiger partial charge in [-0.3, -0.25) is 15.0 Å². The number of non-ortho nitro benzene ring substituents is 1. The number of nitro groups is 1. The number of benzene rings is 5. The lowest BCUT2D eigenvalue weighted by molar-refractivity contribution is -0.384. The van der Waals surface area contributed by atoms with Gasteiger partial charge in [-0.1, -0.05) is 116 Å². The van der Waals surface area contributed by atoms with Crippen molar-refractivity contribution < 1.29 is 48.5 Å². The predicted molar refractivity (Wildman–Crippen MR) is 275 cm³/mol. The molecule has 0 aromatic heterocycles. The van der Waals surface area contributed by atoms with E-state index in [1.54, 1.807) is 29.2 Å². The molecular weight excluding hydrogens is 915 g/mol. The minimum atomic E-state index is -1.56. The predicted octanol–water partition coefficient (Wildman–Crippen LogP) is 11.0. The molecule has 0 radical (unpaired) electrons. The second kappa shape index (κ2) is 25.0. The Morgan fingerprint density at radius 1 is 0.847 bits per heavy atom. The van der Waals surface area contributed by atoms with E-state index in [0.29, 0.717) is 48.8 Å². The summed E-state index contributed by atoms with van der Waals surface area (Å²) in [5.41, 5.74) is 4.88. The number of hydrogen-bond acceptors (Lipinski definition) is 12. The fourth-order valence-electron chi connectivity index (χ4n) is 10.7. The van der Waals surface area contributed by atoms with Gasteiger partial charge in [0, 0.05) is 43.2 Å². The number of nitrogens with zero attached hydrogens (tertiary/aromatic N) is 3. The van der Waals surface area contributed by atoms with Crippen LogP contribution in [0.2, 0.25) is 0 Å². The van der Waals surface area contributed by atoms with Gasteiger partial charge in [-0.05, 0) is 101 Å². The van der Waals surface area contributed by atoms with Crippen molar-refractivity contribution in [2.45, 2.75) is 82.5 Å². The number of carbonyl (C=O) groups is 1. The van der Waals surface area contributed by atoms with Crippen molar-refractivity contribution in [3.8, 4) is 11.5 Å². The Kier molecular flexibility index (Phi) is 17.9. The van der Waals surface area contributed by atoms with E-state index < -0.39 is 28.8 Å². The van der Waals surface area contributed by atoms with Crippen LogP contribution in [-0.2, 0) is 38.8 Å². The summed E-state index contributed by atoms with van der Waals surface area (Å²) in [4.78, 5) is 34.3. The highest BCUT2D eigenvalue weighted by Gasteiger charge is 2.65. The summed E-state index contributed by atoms with van der Waals surface area (Å²) in [6, 6.07) is 35.0. The SMILES string of the molecule is C=CCOc1ccc2c(c1)[C@H]1[C@H](CCCCO)[C@@H](CCCCO)C=C3C(=NOCc4ccc([N+](=O)[O-])cc4)C[C@H](N(Cc4cccc5ccccc45)C(=O)OCCOCc4ccccc4)[C@@](OCC=C)(O2)[C@H]31. The van der Waals surface area contributed by atoms with Gasteiger partial charge in [-0.2, -0.15) is 0 Å². The molecule has 1 saturated carbocycles. The molecule has 0 saturated heterocycles. The van der Waals surface area contributed by atoms with Crippen LogP contribution in [0, 0.1) is 27.9 Å². The molecule has 3 aliphatic rings. The zero-order chi connectivity index (χ0) is 50.3. The van der Waals surface area contributed by atoms with Gasteiger partial charge in [0.1, 0.15) is 37.4 Å². The molecule has 5 aromatic rings. The lowest BCUT2D eigenvalue weighted by Gasteiger charge is -2.59. The first kappa shape index (κ1) is 51.5. The summed E-state index contributed by atoms with van der Waals surface area (Å²) in [5, 5.41) is 38.5. The van der Waals surface area contributed by atoms with Crippen LogP contribution >= 0.6 is 0 Å². The minimum Gasteiger partial charge on any atom is -0.490 e. The Hall–Kier alpha value is -6.84. The van der Waals surface area contributed by atoms with Gasteiger partial charge in [0.25, 0.3) is 5.69 Å². The van der Waals surface area contributed by atoms with Crippen LogP contribution in [0.3, 0.4) is 0 Å². The van der Waals surface area contributed by atoms with Crippen molar-refractivity contribution in [1.82, 2.24) is 4.90 Å². The topological polar surface area (TPSA) is 172 Å². The number of hydrogen-bond donors (Lipinski definition) is 2. The number of fused-ring (bicyclic) bond motifs is 3. The summed E-state index contributed by atoms with van der Waals surface area (Å²) < 4.78 is 33.0. The van der Waals surface area contributed by atoms with Gasteiger partial charge in [-0.25, -0.2) is 4.79 Å². The fourth-order valence-corrected chi connectivity index (χ4v) is 10.7. The molecule has 0 bridgehead atoms. The number of amides is 1. The van der Waals surface area contributed by atoms with Crippen LogP contribution in [0.15, 0.2) is 157 Å². The molecule has 1 aliphatic heterocycles. The van der Waals surface area contributed by atoms with Crippen molar-refractivity contribution in [2.75, 3.05) is 39.6 Å². The molecule has 1 fully saturated rings. The van der Waals surface area contributed by atoms with E-state index in [9.17, 15) is 20.3 Å². The molecular formula is C58H65N3O11. The number of ether oxygens (including phenoxy) is 5. The van der Waals surface area contributed by atoms with Gasteiger partial charge in [0.15, 0.2) is 0 Å². The third-order valence-corrected chi connectivity index (χ3v) is 14.0. The number of nitro benzene ring substituents is 1. The Balaban J connectivity index is 1.29. The number of allylic oxidation sites excluding steroid dienone is 1. The second-order valence-corrected chi connectivity index (χ2v) is 18.5. The molecule has 14 nitrogen and oxygen atoms in total. The van der Waals surface area contributed by atoms with Crippen LogP contribution in [-0.4, -0.2) is 83.3 Å². The number of unbranched alkanes of at least 4 members (excludes halogenated alkanes) is 2. The normalized spacial score (nSPS) is 21.4. The molecule has 1 amide bonds. The lowest BCUT2D eigenvalue weighted by atomic mass is 9.55. The van der Waals surface area contributed by atoms with E-state index in [0.717, 1.165) is 58.7 Å². The van der Waals surface area contributed by atoms with Gasteiger partial charge < -0.3 is 38.7 Å². The fraction of sp³-hybridized carbons (Fsp3) is 0.379. The van der Waals surface area contributed by atoms with E-state index in [1.807, 2.05) is 91.0 Å². The summed E-state index contributed by atoms with van der Waals surface area (Å²) in [6.07, 6.45) is 9.47. The highest BCUT2D eigenvalue weighted by Crippen LogP contribution is 2.62. The molecule has 8 rings (SSSR count). The van der Waals surface area contributed by atoms with E-state index in [-0.39, 0.29) is 76.0 Å². The molecule has 378 valence electrons. The van der Waals surface area contributed by atoms with Crippen LogP contribution < -0.4 is 9.47 Å². The molecule has 2 N–H and O–H groups in total. The van der Waals surface area contributed by atoms with Gasteiger partial charge in [0.05, 0.1) is 42.9 Å². The van der Waals surface area contributed by atoms with E-state index >= 15 is 4.79 Å². The van der Waals surface area contributed by atoms with Crippen molar-refractivity contribution in [3.63, 3.8) is 0 Å². The number of carbonyl (C=O) groups excluding carboxylic acids is 1. The summed E-state index contributed by atoms with van der Waals surface area (Å²) >= 11 is 0. The maximum Gasteiger partial charge on any atom is 0.410 e. The molecule has 5 aromatic carbocycles. The molecule has 0 spiro atoms.